The molecule has 150 valence electrons. The van der Waals surface area contributed by atoms with E-state index in [1.54, 1.807) is 18.2 Å². The van der Waals surface area contributed by atoms with Crippen molar-refractivity contribution in [3.63, 3.8) is 0 Å². The summed E-state index contributed by atoms with van der Waals surface area (Å²) in [6, 6.07) is 6.68. The minimum Gasteiger partial charge on any atom is -0.381 e. The number of para-hydroxylation sites is 1. The van der Waals surface area contributed by atoms with Gasteiger partial charge in [-0.3, -0.25) is 10.1 Å². The lowest BCUT2D eigenvalue weighted by Gasteiger charge is -2.21. The second kappa shape index (κ2) is 12.2. The molecule has 0 amide bonds. The SMILES string of the molecule is CCNC(=NCc1ccccc1[N+](=O)[O-])NCCCOCC1CCOCC1. The summed E-state index contributed by atoms with van der Waals surface area (Å²) in [5.41, 5.74) is 0.693. The molecule has 0 aromatic heterocycles. The van der Waals surface area contributed by atoms with E-state index in [0.29, 0.717) is 24.0 Å². The number of guanidine groups is 1. The Bertz CT molecular complexity index is 603. The maximum absolute atomic E-state index is 11.1. The Morgan fingerprint density at radius 1 is 1.33 bits per heavy atom. The van der Waals surface area contributed by atoms with Gasteiger partial charge in [0.2, 0.25) is 0 Å². The van der Waals surface area contributed by atoms with Crippen LogP contribution in [0.3, 0.4) is 0 Å². The summed E-state index contributed by atoms with van der Waals surface area (Å²) in [5, 5.41) is 17.5. The quantitative estimate of drug-likeness (QED) is 0.213. The smallest absolute Gasteiger partial charge is 0.274 e. The minimum atomic E-state index is -0.374. The van der Waals surface area contributed by atoms with E-state index in [2.05, 4.69) is 15.6 Å². The molecule has 1 aliphatic rings. The molecule has 1 aliphatic heterocycles. The molecule has 27 heavy (non-hydrogen) atoms. The second-order valence-corrected chi connectivity index (χ2v) is 6.49. The van der Waals surface area contributed by atoms with Crippen LogP contribution in [-0.2, 0) is 16.0 Å². The summed E-state index contributed by atoms with van der Waals surface area (Å²) < 4.78 is 11.1. The fourth-order valence-electron chi connectivity index (χ4n) is 2.87. The van der Waals surface area contributed by atoms with Gasteiger partial charge >= 0.3 is 0 Å². The summed E-state index contributed by atoms with van der Waals surface area (Å²) in [5.74, 6) is 1.27. The van der Waals surface area contributed by atoms with Gasteiger partial charge in [-0.15, -0.1) is 0 Å². The fraction of sp³-hybridized carbons (Fsp3) is 0.632. The third-order valence-electron chi connectivity index (χ3n) is 4.39. The molecule has 0 aliphatic carbocycles. The van der Waals surface area contributed by atoms with Gasteiger partial charge in [0.25, 0.3) is 5.69 Å². The lowest BCUT2D eigenvalue weighted by Crippen LogP contribution is -2.38. The molecular weight excluding hydrogens is 348 g/mol. The van der Waals surface area contributed by atoms with E-state index in [0.717, 1.165) is 52.2 Å². The third kappa shape index (κ3) is 7.92. The van der Waals surface area contributed by atoms with Crippen molar-refractivity contribution in [3.05, 3.63) is 39.9 Å². The number of nitrogens with zero attached hydrogens (tertiary/aromatic N) is 2. The number of aliphatic imine (C=N–C) groups is 1. The first kappa shape index (κ1) is 21.1. The van der Waals surface area contributed by atoms with Crippen LogP contribution in [0.1, 0.15) is 31.7 Å². The van der Waals surface area contributed by atoms with Gasteiger partial charge in [0.1, 0.15) is 0 Å². The summed E-state index contributed by atoms with van der Waals surface area (Å²) in [6.45, 7) is 6.89. The molecule has 0 radical (unpaired) electrons. The Labute approximate surface area is 160 Å². The zero-order chi connectivity index (χ0) is 19.3. The van der Waals surface area contributed by atoms with Crippen molar-refractivity contribution in [2.75, 3.05) is 39.5 Å². The monoisotopic (exact) mass is 378 g/mol. The topological polar surface area (TPSA) is 98.0 Å². The van der Waals surface area contributed by atoms with Crippen LogP contribution in [0.25, 0.3) is 0 Å². The highest BCUT2D eigenvalue weighted by Gasteiger charge is 2.13. The van der Waals surface area contributed by atoms with Crippen molar-refractivity contribution in [1.29, 1.82) is 0 Å². The standard InChI is InChI=1S/C19H30N4O4/c1-2-20-19(22-14-17-6-3-4-7-18(17)23(24)25)21-10-5-11-27-15-16-8-12-26-13-9-16/h3-4,6-7,16H,2,5,8-15H2,1H3,(H2,20,21,22). The van der Waals surface area contributed by atoms with Crippen molar-refractivity contribution in [1.82, 2.24) is 10.6 Å². The van der Waals surface area contributed by atoms with Crippen molar-refractivity contribution in [2.24, 2.45) is 10.9 Å². The Morgan fingerprint density at radius 3 is 2.85 bits per heavy atom. The summed E-state index contributed by atoms with van der Waals surface area (Å²) in [6.07, 6.45) is 3.04. The molecule has 0 unspecified atom stereocenters. The molecule has 0 atom stereocenters. The maximum atomic E-state index is 11.1. The van der Waals surface area contributed by atoms with Crippen LogP contribution in [0, 0.1) is 16.0 Å². The van der Waals surface area contributed by atoms with E-state index < -0.39 is 0 Å². The number of nitrogens with one attached hydrogen (secondary N) is 2. The average Bonchev–Trinajstić information content (AvgIpc) is 2.69. The maximum Gasteiger partial charge on any atom is 0.274 e. The van der Waals surface area contributed by atoms with Crippen molar-refractivity contribution in [2.45, 2.75) is 32.7 Å². The summed E-state index contributed by atoms with van der Waals surface area (Å²) in [4.78, 5) is 15.2. The highest BCUT2D eigenvalue weighted by molar-refractivity contribution is 5.79. The van der Waals surface area contributed by atoms with Crippen LogP contribution >= 0.6 is 0 Å². The highest BCUT2D eigenvalue weighted by atomic mass is 16.6. The van der Waals surface area contributed by atoms with E-state index in [1.807, 2.05) is 6.92 Å². The number of nitro groups is 1. The molecule has 0 saturated carbocycles. The van der Waals surface area contributed by atoms with E-state index in [9.17, 15) is 10.1 Å². The molecule has 8 heteroatoms. The Hall–Kier alpha value is -2.19. The van der Waals surface area contributed by atoms with Crippen LogP contribution < -0.4 is 10.6 Å². The van der Waals surface area contributed by atoms with Crippen LogP contribution in [0.4, 0.5) is 5.69 Å². The second-order valence-electron chi connectivity index (χ2n) is 6.49. The third-order valence-corrected chi connectivity index (χ3v) is 4.39. The first-order chi connectivity index (χ1) is 13.2. The number of hydrogen-bond acceptors (Lipinski definition) is 5. The molecule has 1 fully saturated rings. The molecule has 2 rings (SSSR count). The van der Waals surface area contributed by atoms with Crippen LogP contribution in [0.15, 0.2) is 29.3 Å². The molecule has 8 nitrogen and oxygen atoms in total. The minimum absolute atomic E-state index is 0.0959. The molecule has 1 aromatic carbocycles. The molecule has 1 heterocycles. The number of rotatable bonds is 10. The molecule has 1 saturated heterocycles. The van der Waals surface area contributed by atoms with E-state index in [-0.39, 0.29) is 17.2 Å². The lowest BCUT2D eigenvalue weighted by atomic mass is 10.0. The first-order valence-corrected chi connectivity index (χ1v) is 9.60. The zero-order valence-corrected chi connectivity index (χ0v) is 16.0. The van der Waals surface area contributed by atoms with E-state index >= 15 is 0 Å². The molecule has 0 bridgehead atoms. The Balaban J connectivity index is 1.71. The molecule has 2 N–H and O–H groups in total. The van der Waals surface area contributed by atoms with Gasteiger partial charge in [0.05, 0.1) is 17.0 Å². The van der Waals surface area contributed by atoms with Crippen LogP contribution in [-0.4, -0.2) is 50.4 Å². The summed E-state index contributed by atoms with van der Waals surface area (Å²) in [7, 11) is 0. The number of benzene rings is 1. The zero-order valence-electron chi connectivity index (χ0n) is 16.0. The van der Waals surface area contributed by atoms with Crippen LogP contribution in [0.2, 0.25) is 0 Å². The van der Waals surface area contributed by atoms with Crippen molar-refractivity contribution < 1.29 is 14.4 Å². The molecule has 0 spiro atoms. The highest BCUT2D eigenvalue weighted by Crippen LogP contribution is 2.18. The van der Waals surface area contributed by atoms with E-state index in [1.165, 1.54) is 6.07 Å². The Morgan fingerprint density at radius 2 is 2.11 bits per heavy atom. The predicted octanol–water partition coefficient (Wildman–Crippen LogP) is 2.48. The number of ether oxygens (including phenoxy) is 2. The lowest BCUT2D eigenvalue weighted by molar-refractivity contribution is -0.385. The number of nitro benzene ring substituents is 1. The van der Waals surface area contributed by atoms with Gasteiger partial charge < -0.3 is 20.1 Å². The first-order valence-electron chi connectivity index (χ1n) is 9.60. The average molecular weight is 378 g/mol. The van der Waals surface area contributed by atoms with Gasteiger partial charge in [-0.2, -0.15) is 0 Å². The molecular formula is C19H30N4O4. The van der Waals surface area contributed by atoms with Gasteiger partial charge in [-0.1, -0.05) is 18.2 Å². The fourth-order valence-corrected chi connectivity index (χ4v) is 2.87. The summed E-state index contributed by atoms with van der Waals surface area (Å²) >= 11 is 0. The van der Waals surface area contributed by atoms with Gasteiger partial charge in [0, 0.05) is 45.6 Å². The van der Waals surface area contributed by atoms with Gasteiger partial charge in [-0.05, 0) is 32.1 Å². The molecule has 1 aromatic rings. The largest absolute Gasteiger partial charge is 0.381 e. The van der Waals surface area contributed by atoms with E-state index in [4.69, 9.17) is 9.47 Å². The van der Waals surface area contributed by atoms with Gasteiger partial charge in [-0.25, -0.2) is 4.99 Å². The Kier molecular flexibility index (Phi) is 9.57. The van der Waals surface area contributed by atoms with Crippen LogP contribution in [0.5, 0.6) is 0 Å². The van der Waals surface area contributed by atoms with Crippen molar-refractivity contribution in [3.8, 4) is 0 Å². The predicted molar refractivity (Wildman–Crippen MR) is 105 cm³/mol. The van der Waals surface area contributed by atoms with Crippen molar-refractivity contribution >= 4 is 11.6 Å². The number of hydrogen-bond donors (Lipinski definition) is 2. The normalized spacial score (nSPS) is 15.5. The van der Waals surface area contributed by atoms with Gasteiger partial charge in [0.15, 0.2) is 5.96 Å².